The van der Waals surface area contributed by atoms with Crippen LogP contribution in [-0.4, -0.2) is 37.0 Å². The number of benzene rings is 1. The average Bonchev–Trinajstić information content (AvgIpc) is 2.80. The number of rotatable bonds is 6. The maximum atomic E-state index is 12.2. The quantitative estimate of drug-likeness (QED) is 0.889. The summed E-state index contributed by atoms with van der Waals surface area (Å²) in [5.74, 6) is 0.193. The van der Waals surface area contributed by atoms with Crippen LogP contribution in [0.4, 0.5) is 0 Å². The maximum absolute atomic E-state index is 12.2. The van der Waals surface area contributed by atoms with Crippen LogP contribution in [0.15, 0.2) is 22.6 Å². The Morgan fingerprint density at radius 3 is 2.71 bits per heavy atom. The van der Waals surface area contributed by atoms with Crippen molar-refractivity contribution in [2.24, 2.45) is 0 Å². The number of carbonyl (C=O) groups is 1. The molecule has 0 saturated heterocycles. The molecule has 0 unspecified atom stereocenters. The van der Waals surface area contributed by atoms with Crippen molar-refractivity contribution in [3.8, 4) is 0 Å². The minimum Gasteiger partial charge on any atom is -0.451 e. The van der Waals surface area contributed by atoms with Gasteiger partial charge in [0.2, 0.25) is 0 Å². The van der Waals surface area contributed by atoms with Crippen molar-refractivity contribution in [2.75, 3.05) is 26.2 Å². The molecular formula is C16H21ClN2O2. The van der Waals surface area contributed by atoms with Crippen LogP contribution in [-0.2, 0) is 0 Å². The molecule has 1 aromatic heterocycles. The molecule has 114 valence electrons. The van der Waals surface area contributed by atoms with Gasteiger partial charge in [0.05, 0.1) is 0 Å². The molecule has 0 radical (unpaired) electrons. The summed E-state index contributed by atoms with van der Waals surface area (Å²) in [5.41, 5.74) is 1.51. The highest BCUT2D eigenvalue weighted by molar-refractivity contribution is 6.31. The zero-order chi connectivity index (χ0) is 15.4. The van der Waals surface area contributed by atoms with Crippen molar-refractivity contribution in [3.63, 3.8) is 0 Å². The second-order valence-corrected chi connectivity index (χ2v) is 5.42. The van der Waals surface area contributed by atoms with E-state index in [2.05, 4.69) is 24.1 Å². The number of halogens is 1. The smallest absolute Gasteiger partial charge is 0.287 e. The predicted octanol–water partition coefficient (Wildman–Crippen LogP) is 3.47. The van der Waals surface area contributed by atoms with Crippen molar-refractivity contribution in [1.29, 1.82) is 0 Å². The third kappa shape index (κ3) is 3.57. The monoisotopic (exact) mass is 308 g/mol. The lowest BCUT2D eigenvalue weighted by molar-refractivity contribution is 0.0922. The summed E-state index contributed by atoms with van der Waals surface area (Å²) in [5, 5.41) is 4.43. The highest BCUT2D eigenvalue weighted by Gasteiger charge is 2.17. The van der Waals surface area contributed by atoms with Gasteiger partial charge in [0.25, 0.3) is 5.91 Å². The first kappa shape index (κ1) is 15.9. The zero-order valence-corrected chi connectivity index (χ0v) is 13.5. The van der Waals surface area contributed by atoms with E-state index in [9.17, 15) is 4.79 Å². The molecule has 2 rings (SSSR count). The van der Waals surface area contributed by atoms with E-state index in [1.165, 1.54) is 0 Å². The number of fused-ring (bicyclic) bond motifs is 1. The molecule has 0 bridgehead atoms. The van der Waals surface area contributed by atoms with Gasteiger partial charge in [-0.3, -0.25) is 4.79 Å². The van der Waals surface area contributed by atoms with E-state index >= 15 is 0 Å². The summed E-state index contributed by atoms with van der Waals surface area (Å²) in [7, 11) is 0. The van der Waals surface area contributed by atoms with Gasteiger partial charge in [0.1, 0.15) is 5.58 Å². The van der Waals surface area contributed by atoms with Crippen LogP contribution in [0, 0.1) is 6.92 Å². The molecule has 21 heavy (non-hydrogen) atoms. The fourth-order valence-electron chi connectivity index (χ4n) is 2.36. The molecule has 5 heteroatoms. The van der Waals surface area contributed by atoms with Gasteiger partial charge in [-0.05, 0) is 38.2 Å². The lowest BCUT2D eigenvalue weighted by atomic mass is 10.1. The summed E-state index contributed by atoms with van der Waals surface area (Å²) < 4.78 is 5.64. The molecule has 1 amide bonds. The molecule has 0 atom stereocenters. The van der Waals surface area contributed by atoms with Crippen LogP contribution >= 0.6 is 11.6 Å². The molecule has 1 N–H and O–H groups in total. The topological polar surface area (TPSA) is 45.5 Å². The van der Waals surface area contributed by atoms with Gasteiger partial charge in [-0.25, -0.2) is 0 Å². The van der Waals surface area contributed by atoms with E-state index in [0.717, 1.165) is 30.6 Å². The Labute approximate surface area is 130 Å². The first-order valence-electron chi connectivity index (χ1n) is 7.26. The number of hydrogen-bond donors (Lipinski definition) is 1. The number of nitrogens with zero attached hydrogens (tertiary/aromatic N) is 1. The van der Waals surface area contributed by atoms with Crippen molar-refractivity contribution < 1.29 is 9.21 Å². The number of aryl methyl sites for hydroxylation is 1. The predicted molar refractivity (Wildman–Crippen MR) is 86.1 cm³/mol. The molecule has 1 aromatic carbocycles. The summed E-state index contributed by atoms with van der Waals surface area (Å²) in [6.45, 7) is 9.50. The molecule has 0 aliphatic rings. The lowest BCUT2D eigenvalue weighted by Gasteiger charge is -2.17. The SMILES string of the molecule is CCN(CC)CCNC(=O)c1oc2ccc(Cl)cc2c1C. The molecule has 0 saturated carbocycles. The fourth-order valence-corrected chi connectivity index (χ4v) is 2.53. The van der Waals surface area contributed by atoms with Gasteiger partial charge in [-0.15, -0.1) is 0 Å². The summed E-state index contributed by atoms with van der Waals surface area (Å²) >= 11 is 5.98. The maximum Gasteiger partial charge on any atom is 0.287 e. The lowest BCUT2D eigenvalue weighted by Crippen LogP contribution is -2.34. The molecule has 0 aliphatic heterocycles. The second-order valence-electron chi connectivity index (χ2n) is 4.98. The largest absolute Gasteiger partial charge is 0.451 e. The minimum atomic E-state index is -0.174. The number of amides is 1. The van der Waals surface area contributed by atoms with Gasteiger partial charge < -0.3 is 14.6 Å². The van der Waals surface area contributed by atoms with Crippen molar-refractivity contribution in [1.82, 2.24) is 10.2 Å². The Kier molecular flexibility index (Phi) is 5.26. The first-order chi connectivity index (χ1) is 10.1. The van der Waals surface area contributed by atoms with Gasteiger partial charge in [-0.1, -0.05) is 25.4 Å². The van der Waals surface area contributed by atoms with E-state index in [0.29, 0.717) is 22.9 Å². The van der Waals surface area contributed by atoms with Crippen LogP contribution in [0.3, 0.4) is 0 Å². The zero-order valence-electron chi connectivity index (χ0n) is 12.7. The van der Waals surface area contributed by atoms with Crippen molar-refractivity contribution in [2.45, 2.75) is 20.8 Å². The standard InChI is InChI=1S/C16H21ClN2O2/c1-4-19(5-2)9-8-18-16(20)15-11(3)13-10-12(17)6-7-14(13)21-15/h6-7,10H,4-5,8-9H2,1-3H3,(H,18,20). The Hall–Kier alpha value is -1.52. The summed E-state index contributed by atoms with van der Waals surface area (Å²) in [4.78, 5) is 14.5. The third-order valence-corrected chi connectivity index (χ3v) is 3.95. The molecule has 0 spiro atoms. The van der Waals surface area contributed by atoms with Crippen molar-refractivity contribution >= 4 is 28.5 Å². The molecule has 0 fully saturated rings. The normalized spacial score (nSPS) is 11.3. The molecule has 4 nitrogen and oxygen atoms in total. The number of hydrogen-bond acceptors (Lipinski definition) is 3. The van der Waals surface area contributed by atoms with E-state index in [4.69, 9.17) is 16.0 Å². The molecule has 2 aromatic rings. The first-order valence-corrected chi connectivity index (χ1v) is 7.63. The third-order valence-electron chi connectivity index (χ3n) is 3.71. The molecule has 1 heterocycles. The second kappa shape index (κ2) is 6.96. The Morgan fingerprint density at radius 1 is 1.33 bits per heavy atom. The highest BCUT2D eigenvalue weighted by Crippen LogP contribution is 2.27. The molecule has 0 aliphatic carbocycles. The van der Waals surface area contributed by atoms with Crippen LogP contribution < -0.4 is 5.32 Å². The van der Waals surface area contributed by atoms with Gasteiger partial charge >= 0.3 is 0 Å². The van der Waals surface area contributed by atoms with E-state index in [1.54, 1.807) is 12.1 Å². The van der Waals surface area contributed by atoms with Crippen LogP contribution in [0.1, 0.15) is 30.0 Å². The summed E-state index contributed by atoms with van der Waals surface area (Å²) in [6, 6.07) is 5.37. The van der Waals surface area contributed by atoms with Crippen LogP contribution in [0.5, 0.6) is 0 Å². The van der Waals surface area contributed by atoms with Crippen molar-refractivity contribution in [3.05, 3.63) is 34.5 Å². The van der Waals surface area contributed by atoms with E-state index < -0.39 is 0 Å². The molecular weight excluding hydrogens is 288 g/mol. The van der Waals surface area contributed by atoms with Crippen LogP contribution in [0.25, 0.3) is 11.0 Å². The average molecular weight is 309 g/mol. The number of nitrogens with one attached hydrogen (secondary N) is 1. The van der Waals surface area contributed by atoms with Gasteiger partial charge in [0, 0.05) is 29.1 Å². The van der Waals surface area contributed by atoms with E-state index in [1.807, 2.05) is 13.0 Å². The van der Waals surface area contributed by atoms with Gasteiger partial charge in [-0.2, -0.15) is 0 Å². The Balaban J connectivity index is 2.07. The Bertz CT molecular complexity index is 632. The van der Waals surface area contributed by atoms with Crippen LogP contribution in [0.2, 0.25) is 5.02 Å². The highest BCUT2D eigenvalue weighted by atomic mass is 35.5. The number of furan rings is 1. The number of carbonyl (C=O) groups excluding carboxylic acids is 1. The number of likely N-dealkylation sites (N-methyl/N-ethyl adjacent to an activating group) is 1. The fraction of sp³-hybridized carbons (Fsp3) is 0.438. The minimum absolute atomic E-state index is 0.174. The summed E-state index contributed by atoms with van der Waals surface area (Å²) in [6.07, 6.45) is 0. The Morgan fingerprint density at radius 2 is 2.05 bits per heavy atom. The van der Waals surface area contributed by atoms with Gasteiger partial charge in [0.15, 0.2) is 5.76 Å². The van der Waals surface area contributed by atoms with E-state index in [-0.39, 0.29) is 5.91 Å².